The molecular weight excluding hydrogens is 759 g/mol. The van der Waals surface area contributed by atoms with Crippen LogP contribution in [0.15, 0.2) is 81.8 Å². The Morgan fingerprint density at radius 2 is 1.22 bits per heavy atom. The summed E-state index contributed by atoms with van der Waals surface area (Å²) in [7, 11) is -3.81. The molecule has 5 N–H and O–H groups in total. The molecule has 2 aliphatic carbocycles. The second-order valence-electron chi connectivity index (χ2n) is 14.4. The number of hydrogen-bond acceptors (Lipinski definition) is 11. The smallest absolute Gasteiger partial charge is 0.274 e. The predicted octanol–water partition coefficient (Wildman–Crippen LogP) is 8.21. The summed E-state index contributed by atoms with van der Waals surface area (Å²) in [5.41, 5.74) is 14.2. The Hall–Kier alpha value is -6.43. The molecule has 4 aromatic carbocycles. The molecule has 0 bridgehead atoms. The molecule has 15 nitrogen and oxygen atoms in total. The molecular formula is C42H41N9O6S. The van der Waals surface area contributed by atoms with Crippen LogP contribution in [0.1, 0.15) is 74.9 Å². The number of ether oxygens (including phenoxy) is 2. The minimum absolute atomic E-state index is 0.00194. The minimum Gasteiger partial charge on any atom is -0.502 e. The Kier molecular flexibility index (Phi) is 11.4. The van der Waals surface area contributed by atoms with Gasteiger partial charge in [0.1, 0.15) is 11.5 Å². The lowest BCUT2D eigenvalue weighted by Gasteiger charge is -2.12. The van der Waals surface area contributed by atoms with Gasteiger partial charge < -0.3 is 24.3 Å². The van der Waals surface area contributed by atoms with Gasteiger partial charge in [0.25, 0.3) is 22.0 Å². The van der Waals surface area contributed by atoms with Gasteiger partial charge in [0.15, 0.2) is 0 Å². The van der Waals surface area contributed by atoms with Crippen LogP contribution in [0.2, 0.25) is 0 Å². The number of fused-ring (bicyclic) bond motifs is 2. The van der Waals surface area contributed by atoms with Crippen molar-refractivity contribution in [2.24, 2.45) is 10.9 Å². The summed E-state index contributed by atoms with van der Waals surface area (Å²) in [5, 5.41) is 13.4. The Morgan fingerprint density at radius 3 is 1.71 bits per heavy atom. The third kappa shape index (κ3) is 8.61. The average molecular weight is 800 g/mol. The predicted molar refractivity (Wildman–Crippen MR) is 217 cm³/mol. The van der Waals surface area contributed by atoms with Gasteiger partial charge in [-0.1, -0.05) is 46.7 Å². The Balaban J connectivity index is 0.000000178. The Bertz CT molecular complexity index is 2680. The molecule has 2 atom stereocenters. The highest BCUT2D eigenvalue weighted by Crippen LogP contribution is 2.40. The van der Waals surface area contributed by atoms with Gasteiger partial charge in [-0.3, -0.25) is 0 Å². The maximum absolute atomic E-state index is 11.4. The van der Waals surface area contributed by atoms with E-state index in [1.54, 1.807) is 30.3 Å². The Morgan fingerprint density at radius 1 is 0.741 bits per heavy atom. The first-order chi connectivity index (χ1) is 27.8. The van der Waals surface area contributed by atoms with Crippen molar-refractivity contribution in [2.45, 2.75) is 77.7 Å². The average Bonchev–Trinajstić information content (AvgIpc) is 4.02. The highest BCUT2D eigenvalue weighted by atomic mass is 32.2. The molecule has 0 saturated heterocycles. The largest absolute Gasteiger partial charge is 0.502 e. The van der Waals surface area contributed by atoms with Crippen molar-refractivity contribution in [3.63, 3.8) is 0 Å². The van der Waals surface area contributed by atoms with E-state index in [1.807, 2.05) is 64.1 Å². The summed E-state index contributed by atoms with van der Waals surface area (Å²) in [5.74, 6) is 2.66. The number of aromatic nitrogens is 4. The van der Waals surface area contributed by atoms with Gasteiger partial charge in [-0.05, 0) is 112 Å². The van der Waals surface area contributed by atoms with Crippen LogP contribution in [0.3, 0.4) is 0 Å². The maximum Gasteiger partial charge on any atom is 0.274 e. The van der Waals surface area contributed by atoms with Crippen molar-refractivity contribution < 1.29 is 26.9 Å². The van der Waals surface area contributed by atoms with Crippen LogP contribution >= 0.6 is 0 Å². The molecule has 16 heteroatoms. The topological polar surface area (TPSA) is 203 Å². The van der Waals surface area contributed by atoms with Crippen molar-refractivity contribution in [3.8, 4) is 57.2 Å². The lowest BCUT2D eigenvalue weighted by atomic mass is 10.0. The maximum atomic E-state index is 11.4. The van der Waals surface area contributed by atoms with Crippen molar-refractivity contribution in [1.82, 2.24) is 25.0 Å². The van der Waals surface area contributed by atoms with E-state index >= 15 is 0 Å². The number of nitrogens with one attached hydrogen (secondary N) is 1. The zero-order chi connectivity index (χ0) is 41.1. The van der Waals surface area contributed by atoms with Gasteiger partial charge in [0, 0.05) is 34.3 Å². The van der Waals surface area contributed by atoms with E-state index < -0.39 is 10.2 Å². The molecule has 0 spiro atoms. The zero-order valence-electron chi connectivity index (χ0n) is 32.3. The quantitative estimate of drug-likeness (QED) is 0.113. The number of hydrogen-bond donors (Lipinski definition) is 3. The molecule has 2 heterocycles. The van der Waals surface area contributed by atoms with Crippen LogP contribution in [0, 0.1) is 13.1 Å². The minimum atomic E-state index is -3.81. The Labute approximate surface area is 336 Å². The number of rotatable bonds is 10. The SMILES string of the molecule is [C-]#[N+]c1cc(-c2nc(-c3cccc4c3CC[C@H]4N)no2)ccc1OC(C)C.[C-]#[N+]c1cc(-c2nc(-c3cccc4c3CC[C@H]4NS(N)(=O)=O)no2)ccc1OC(C)C. The molecule has 2 aromatic heterocycles. The van der Waals surface area contributed by atoms with E-state index in [2.05, 4.69) is 40.8 Å². The number of nitrogens with zero attached hydrogens (tertiary/aromatic N) is 6. The second-order valence-corrected chi connectivity index (χ2v) is 15.7. The molecule has 2 aliphatic rings. The van der Waals surface area contributed by atoms with Crippen LogP contribution in [0.5, 0.6) is 11.5 Å². The summed E-state index contributed by atoms with van der Waals surface area (Å²) in [6.45, 7) is 22.5. The number of benzene rings is 4. The summed E-state index contributed by atoms with van der Waals surface area (Å²) >= 11 is 0. The molecule has 0 fully saturated rings. The van der Waals surface area contributed by atoms with Crippen LogP contribution < -0.4 is 25.1 Å². The van der Waals surface area contributed by atoms with Gasteiger partial charge in [0.05, 0.1) is 25.4 Å². The first-order valence-corrected chi connectivity index (χ1v) is 20.2. The number of nitrogens with two attached hydrogens (primary N) is 2. The van der Waals surface area contributed by atoms with Crippen molar-refractivity contribution >= 4 is 21.6 Å². The van der Waals surface area contributed by atoms with Gasteiger partial charge in [-0.15, -0.1) is 0 Å². The third-order valence-corrected chi connectivity index (χ3v) is 10.2. The molecule has 0 saturated carbocycles. The molecule has 58 heavy (non-hydrogen) atoms. The van der Waals surface area contributed by atoms with Crippen LogP contribution in [-0.2, 0) is 23.1 Å². The molecule has 8 rings (SSSR count). The van der Waals surface area contributed by atoms with Crippen LogP contribution in [0.25, 0.3) is 55.4 Å². The normalized spacial score (nSPS) is 15.6. The second kappa shape index (κ2) is 16.6. The van der Waals surface area contributed by atoms with Crippen molar-refractivity contribution in [3.05, 3.63) is 118 Å². The van der Waals surface area contributed by atoms with Gasteiger partial charge >= 0.3 is 0 Å². The molecule has 0 unspecified atom stereocenters. The van der Waals surface area contributed by atoms with E-state index in [0.717, 1.165) is 40.7 Å². The fourth-order valence-corrected chi connectivity index (χ4v) is 7.80. The van der Waals surface area contributed by atoms with E-state index in [-0.39, 0.29) is 30.2 Å². The summed E-state index contributed by atoms with van der Waals surface area (Å²) in [4.78, 5) is 16.1. The van der Waals surface area contributed by atoms with Gasteiger partial charge in [0.2, 0.25) is 23.0 Å². The fourth-order valence-electron chi connectivity index (χ4n) is 7.16. The third-order valence-electron chi connectivity index (χ3n) is 9.61. The van der Waals surface area contributed by atoms with Gasteiger partial charge in [-0.25, -0.2) is 14.8 Å². The lowest BCUT2D eigenvalue weighted by molar-refractivity contribution is 0.244. The molecule has 0 radical (unpaired) electrons. The van der Waals surface area contributed by atoms with Gasteiger partial charge in [-0.2, -0.15) is 23.1 Å². The van der Waals surface area contributed by atoms with E-state index in [9.17, 15) is 8.42 Å². The monoisotopic (exact) mass is 799 g/mol. The highest BCUT2D eigenvalue weighted by molar-refractivity contribution is 7.87. The lowest BCUT2D eigenvalue weighted by Crippen LogP contribution is -2.33. The van der Waals surface area contributed by atoms with E-state index in [4.69, 9.17) is 42.5 Å². The molecule has 0 amide bonds. The fraction of sp³-hybridized carbons (Fsp3) is 0.286. The first-order valence-electron chi connectivity index (χ1n) is 18.7. The van der Waals surface area contributed by atoms with Crippen LogP contribution in [0.4, 0.5) is 11.4 Å². The molecule has 6 aromatic rings. The first kappa shape index (κ1) is 39.8. The summed E-state index contributed by atoms with van der Waals surface area (Å²) in [6, 6.07) is 21.7. The van der Waals surface area contributed by atoms with E-state index in [1.165, 1.54) is 5.56 Å². The van der Waals surface area contributed by atoms with Crippen LogP contribution in [-0.4, -0.2) is 40.9 Å². The molecule has 296 valence electrons. The van der Waals surface area contributed by atoms with Crippen molar-refractivity contribution in [2.75, 3.05) is 0 Å². The molecule has 0 aliphatic heterocycles. The summed E-state index contributed by atoms with van der Waals surface area (Å²) in [6.07, 6.45) is 3.06. The van der Waals surface area contributed by atoms with Crippen molar-refractivity contribution in [1.29, 1.82) is 0 Å². The highest BCUT2D eigenvalue weighted by Gasteiger charge is 2.29. The summed E-state index contributed by atoms with van der Waals surface area (Å²) < 4.78 is 47.6. The zero-order valence-corrected chi connectivity index (χ0v) is 33.1. The van der Waals surface area contributed by atoms with E-state index in [0.29, 0.717) is 64.4 Å². The standard InChI is InChI=1S/C21H21N5O4S.C21H20N4O2/c1-12(2)29-19-10-7-13(11-18(19)23-3)21-24-20(25-30-21)16-6-4-5-15-14(16)8-9-17(15)26-31(22,27)28;1-12(2)26-19-10-7-13(11-18(19)23-3)21-24-20(25-27-21)16-6-4-5-15-14(16)8-9-17(15)22/h4-7,10-12,17,26H,8-9H2,1-2H3,(H2,22,27,28);4-7,10-12,17H,8-9,22H2,1-2H3/t2*17-/m11/s1.